The molecule has 6 heteroatoms. The lowest BCUT2D eigenvalue weighted by molar-refractivity contribution is 0.0310. The highest BCUT2D eigenvalue weighted by Gasteiger charge is 2.22. The van der Waals surface area contributed by atoms with Crippen LogP contribution in [0.1, 0.15) is 35.7 Å². The first-order valence-corrected chi connectivity index (χ1v) is 10.0. The number of benzene rings is 2. The lowest BCUT2D eigenvalue weighted by Crippen LogP contribution is -2.39. The molecule has 1 heterocycles. The molecule has 0 aromatic heterocycles. The van der Waals surface area contributed by atoms with Gasteiger partial charge in [0.2, 0.25) is 0 Å². The molecule has 1 fully saturated rings. The Morgan fingerprint density at radius 3 is 2.86 bits per heavy atom. The first kappa shape index (κ1) is 21.4. The second-order valence-electron chi connectivity index (χ2n) is 7.47. The third-order valence-corrected chi connectivity index (χ3v) is 4.99. The maximum absolute atomic E-state index is 14.1. The molecule has 5 nitrogen and oxygen atoms in total. The van der Waals surface area contributed by atoms with Crippen molar-refractivity contribution in [1.29, 1.82) is 0 Å². The van der Waals surface area contributed by atoms with Crippen molar-refractivity contribution in [2.45, 2.75) is 38.5 Å². The second-order valence-corrected chi connectivity index (χ2v) is 7.47. The monoisotopic (exact) mass is 401 g/mol. The number of hydrogen-bond donors (Lipinski definition) is 1. The molecule has 1 N–H and O–H groups in total. The highest BCUT2D eigenvalue weighted by Crippen LogP contribution is 2.18. The van der Waals surface area contributed by atoms with E-state index >= 15 is 0 Å². The largest absolute Gasteiger partial charge is 0.491 e. The van der Waals surface area contributed by atoms with E-state index in [1.54, 1.807) is 36.4 Å². The number of ether oxygens (including phenoxy) is 2. The van der Waals surface area contributed by atoms with Gasteiger partial charge in [0.1, 0.15) is 24.3 Å². The summed E-state index contributed by atoms with van der Waals surface area (Å²) in [4.78, 5) is 13.5. The predicted molar refractivity (Wildman–Crippen MR) is 109 cm³/mol. The number of rotatable bonds is 10. The summed E-state index contributed by atoms with van der Waals surface area (Å²) in [5.74, 6) is 0.247. The molecular formula is C23H28FNO4. The van der Waals surface area contributed by atoms with Crippen LogP contribution in [0.3, 0.4) is 0 Å². The van der Waals surface area contributed by atoms with Gasteiger partial charge in [0.05, 0.1) is 6.10 Å². The summed E-state index contributed by atoms with van der Waals surface area (Å²) in [6.45, 7) is 3.69. The van der Waals surface area contributed by atoms with Crippen LogP contribution in [-0.2, 0) is 11.3 Å². The Bertz CT molecular complexity index is 807. The molecule has 3 rings (SSSR count). The van der Waals surface area contributed by atoms with Crippen molar-refractivity contribution in [3.05, 3.63) is 65.5 Å². The fourth-order valence-electron chi connectivity index (χ4n) is 3.50. The summed E-state index contributed by atoms with van der Waals surface area (Å²) in [7, 11) is 0. The first-order valence-electron chi connectivity index (χ1n) is 10.0. The maximum atomic E-state index is 14.1. The maximum Gasteiger partial charge on any atom is 0.159 e. The smallest absolute Gasteiger partial charge is 0.159 e. The minimum absolute atomic E-state index is 0.0383. The summed E-state index contributed by atoms with van der Waals surface area (Å²) in [6.07, 6.45) is 1.33. The molecule has 1 saturated heterocycles. The van der Waals surface area contributed by atoms with E-state index < -0.39 is 6.10 Å². The SMILES string of the molecule is CC(=O)c1cccc(OCC(O)CN(Cc2ccccc2F)CC2CCCO2)c1. The van der Waals surface area contributed by atoms with Crippen molar-refractivity contribution < 1.29 is 23.8 Å². The van der Waals surface area contributed by atoms with Crippen molar-refractivity contribution in [2.24, 2.45) is 0 Å². The summed E-state index contributed by atoms with van der Waals surface area (Å²) in [6, 6.07) is 13.6. The first-order chi connectivity index (χ1) is 14.0. The lowest BCUT2D eigenvalue weighted by atomic mass is 10.1. The number of aliphatic hydroxyl groups excluding tert-OH is 1. The molecule has 2 atom stereocenters. The minimum Gasteiger partial charge on any atom is -0.491 e. The Kier molecular flexibility index (Phi) is 7.75. The van der Waals surface area contributed by atoms with E-state index in [1.165, 1.54) is 13.0 Å². The number of carbonyl (C=O) groups excluding carboxylic acids is 1. The van der Waals surface area contributed by atoms with Gasteiger partial charge in [-0.15, -0.1) is 0 Å². The lowest BCUT2D eigenvalue weighted by Gasteiger charge is -2.27. The van der Waals surface area contributed by atoms with Crippen LogP contribution in [0, 0.1) is 5.82 Å². The zero-order valence-electron chi connectivity index (χ0n) is 16.7. The molecular weight excluding hydrogens is 373 g/mol. The Balaban J connectivity index is 1.59. The molecule has 2 aromatic rings. The van der Waals surface area contributed by atoms with Gasteiger partial charge in [-0.25, -0.2) is 4.39 Å². The quantitative estimate of drug-likeness (QED) is 0.618. The van der Waals surface area contributed by atoms with Crippen molar-refractivity contribution in [3.8, 4) is 5.75 Å². The Morgan fingerprint density at radius 2 is 2.14 bits per heavy atom. The normalized spacial score (nSPS) is 17.4. The molecule has 29 heavy (non-hydrogen) atoms. The van der Waals surface area contributed by atoms with Crippen LogP contribution in [0.25, 0.3) is 0 Å². The van der Waals surface area contributed by atoms with Gasteiger partial charge >= 0.3 is 0 Å². The van der Waals surface area contributed by atoms with Crippen LogP contribution in [0.2, 0.25) is 0 Å². The molecule has 0 saturated carbocycles. The van der Waals surface area contributed by atoms with Gasteiger partial charge < -0.3 is 14.6 Å². The highest BCUT2D eigenvalue weighted by molar-refractivity contribution is 5.94. The minimum atomic E-state index is -0.760. The third-order valence-electron chi connectivity index (χ3n) is 4.99. The number of aliphatic hydroxyl groups is 1. The molecule has 1 aliphatic rings. The summed E-state index contributed by atoms with van der Waals surface area (Å²) in [5, 5.41) is 10.5. The van der Waals surface area contributed by atoms with Crippen LogP contribution in [0.4, 0.5) is 4.39 Å². The van der Waals surface area contributed by atoms with Crippen LogP contribution in [-0.4, -0.2) is 54.3 Å². The van der Waals surface area contributed by atoms with E-state index in [9.17, 15) is 14.3 Å². The highest BCUT2D eigenvalue weighted by atomic mass is 19.1. The number of Topliss-reactive ketones (excluding diaryl/α,β-unsaturated/α-hetero) is 1. The van der Waals surface area contributed by atoms with Gasteiger partial charge in [-0.05, 0) is 38.0 Å². The van der Waals surface area contributed by atoms with Crippen molar-refractivity contribution >= 4 is 5.78 Å². The van der Waals surface area contributed by atoms with Crippen LogP contribution in [0.15, 0.2) is 48.5 Å². The standard InChI is InChI=1S/C23H28FNO4/c1-17(26)18-7-4-8-21(12-18)29-16-20(27)14-25(15-22-9-5-11-28-22)13-19-6-2-3-10-23(19)24/h2-4,6-8,10,12,20,22,27H,5,9,11,13-16H2,1H3. The Labute approximate surface area is 171 Å². The number of halogens is 1. The van der Waals surface area contributed by atoms with E-state index in [-0.39, 0.29) is 24.3 Å². The molecule has 0 radical (unpaired) electrons. The topological polar surface area (TPSA) is 59.0 Å². The zero-order valence-corrected chi connectivity index (χ0v) is 16.7. The van der Waals surface area contributed by atoms with E-state index in [0.717, 1.165) is 19.4 Å². The average Bonchev–Trinajstić information content (AvgIpc) is 3.21. The summed E-state index contributed by atoms with van der Waals surface area (Å²) >= 11 is 0. The Hall–Kier alpha value is -2.28. The van der Waals surface area contributed by atoms with Gasteiger partial charge in [-0.2, -0.15) is 0 Å². The van der Waals surface area contributed by atoms with E-state index in [1.807, 2.05) is 11.0 Å². The van der Waals surface area contributed by atoms with Gasteiger partial charge in [0, 0.05) is 37.4 Å². The van der Waals surface area contributed by atoms with E-state index in [0.29, 0.717) is 36.5 Å². The van der Waals surface area contributed by atoms with Crippen molar-refractivity contribution in [3.63, 3.8) is 0 Å². The second kappa shape index (κ2) is 10.5. The number of carbonyl (C=O) groups is 1. The molecule has 0 aliphatic carbocycles. The van der Waals surface area contributed by atoms with Crippen LogP contribution >= 0.6 is 0 Å². The van der Waals surface area contributed by atoms with Crippen LogP contribution < -0.4 is 4.74 Å². The van der Waals surface area contributed by atoms with Crippen molar-refractivity contribution in [1.82, 2.24) is 4.90 Å². The molecule has 0 amide bonds. The summed E-state index contributed by atoms with van der Waals surface area (Å²) < 4.78 is 25.5. The van der Waals surface area contributed by atoms with Gasteiger partial charge in [-0.1, -0.05) is 30.3 Å². The fraction of sp³-hybridized carbons (Fsp3) is 0.435. The molecule has 0 bridgehead atoms. The zero-order chi connectivity index (χ0) is 20.6. The number of ketones is 1. The van der Waals surface area contributed by atoms with Gasteiger partial charge in [0.25, 0.3) is 0 Å². The van der Waals surface area contributed by atoms with Crippen molar-refractivity contribution in [2.75, 3.05) is 26.3 Å². The van der Waals surface area contributed by atoms with Gasteiger partial charge in [-0.3, -0.25) is 9.69 Å². The van der Waals surface area contributed by atoms with E-state index in [4.69, 9.17) is 9.47 Å². The molecule has 0 spiro atoms. The van der Waals surface area contributed by atoms with Crippen LogP contribution in [0.5, 0.6) is 5.75 Å². The fourth-order valence-corrected chi connectivity index (χ4v) is 3.50. The molecule has 156 valence electrons. The molecule has 1 aliphatic heterocycles. The molecule has 2 aromatic carbocycles. The Morgan fingerprint density at radius 1 is 1.31 bits per heavy atom. The average molecular weight is 401 g/mol. The molecule has 2 unspecified atom stereocenters. The van der Waals surface area contributed by atoms with Gasteiger partial charge in [0.15, 0.2) is 5.78 Å². The number of hydrogen-bond acceptors (Lipinski definition) is 5. The predicted octanol–water partition coefficient (Wildman–Crippen LogP) is 3.45. The summed E-state index contributed by atoms with van der Waals surface area (Å²) in [5.41, 5.74) is 1.16. The number of nitrogens with zero attached hydrogens (tertiary/aromatic N) is 1. The van der Waals surface area contributed by atoms with E-state index in [2.05, 4.69) is 0 Å². The third kappa shape index (κ3) is 6.63.